The summed E-state index contributed by atoms with van der Waals surface area (Å²) in [5.41, 5.74) is 0.804. The maximum atomic E-state index is 11.7. The van der Waals surface area contributed by atoms with Crippen molar-refractivity contribution >= 4 is 21.6 Å². The molecule has 0 spiro atoms. The lowest BCUT2D eigenvalue weighted by Crippen LogP contribution is -2.33. The average molecular weight is 294 g/mol. The molecule has 0 aliphatic rings. The zero-order valence-corrected chi connectivity index (χ0v) is 11.6. The van der Waals surface area contributed by atoms with Gasteiger partial charge in [-0.3, -0.25) is 0 Å². The standard InChI is InChI=1S/C11H16ClNO4S/c1-17-11-4-2-10(3-5-11)8-13(6-7-14)18(15,16)9-12/h2-5,14H,6-9H2,1H3. The molecule has 0 amide bonds. The van der Waals surface area contributed by atoms with Gasteiger partial charge in [-0.15, -0.1) is 11.6 Å². The van der Waals surface area contributed by atoms with Gasteiger partial charge in [0.2, 0.25) is 10.0 Å². The number of hydrogen-bond acceptors (Lipinski definition) is 4. The Morgan fingerprint density at radius 1 is 1.33 bits per heavy atom. The second kappa shape index (κ2) is 6.94. The van der Waals surface area contributed by atoms with Crippen molar-refractivity contribution in [2.45, 2.75) is 6.54 Å². The largest absolute Gasteiger partial charge is 0.497 e. The zero-order valence-electron chi connectivity index (χ0n) is 10.0. The molecule has 1 aromatic carbocycles. The van der Waals surface area contributed by atoms with Gasteiger partial charge < -0.3 is 9.84 Å². The van der Waals surface area contributed by atoms with Gasteiger partial charge in [0.15, 0.2) is 0 Å². The summed E-state index contributed by atoms with van der Waals surface area (Å²) in [6.07, 6.45) is 0. The molecule has 0 unspecified atom stereocenters. The fraction of sp³-hybridized carbons (Fsp3) is 0.455. The monoisotopic (exact) mass is 293 g/mol. The van der Waals surface area contributed by atoms with Crippen LogP contribution in [0.2, 0.25) is 0 Å². The number of ether oxygens (including phenoxy) is 1. The van der Waals surface area contributed by atoms with Crippen molar-refractivity contribution in [2.75, 3.05) is 25.5 Å². The predicted molar refractivity (Wildman–Crippen MR) is 70.1 cm³/mol. The first kappa shape index (κ1) is 15.2. The molecule has 0 aliphatic heterocycles. The normalized spacial score (nSPS) is 11.8. The predicted octanol–water partition coefficient (Wildman–Crippen LogP) is 1.02. The van der Waals surface area contributed by atoms with E-state index in [9.17, 15) is 8.42 Å². The Balaban J connectivity index is 2.83. The van der Waals surface area contributed by atoms with Gasteiger partial charge in [-0.2, -0.15) is 4.31 Å². The van der Waals surface area contributed by atoms with Crippen LogP contribution < -0.4 is 4.74 Å². The topological polar surface area (TPSA) is 66.8 Å². The van der Waals surface area contributed by atoms with Gasteiger partial charge >= 0.3 is 0 Å². The van der Waals surface area contributed by atoms with E-state index in [0.717, 1.165) is 9.87 Å². The Labute approximate surface area is 112 Å². The molecule has 1 rings (SSSR count). The molecular weight excluding hydrogens is 278 g/mol. The lowest BCUT2D eigenvalue weighted by Gasteiger charge is -2.20. The third-order valence-corrected chi connectivity index (χ3v) is 4.60. The van der Waals surface area contributed by atoms with Crippen LogP contribution in [0.3, 0.4) is 0 Å². The second-order valence-electron chi connectivity index (χ2n) is 3.63. The molecule has 1 aromatic rings. The van der Waals surface area contributed by atoms with Crippen LogP contribution in [0, 0.1) is 0 Å². The van der Waals surface area contributed by atoms with Crippen LogP contribution in [0.25, 0.3) is 0 Å². The number of aliphatic hydroxyl groups excluding tert-OH is 1. The van der Waals surface area contributed by atoms with Crippen LogP contribution in [0.4, 0.5) is 0 Å². The van der Waals surface area contributed by atoms with Crippen LogP contribution in [-0.4, -0.2) is 43.3 Å². The van der Waals surface area contributed by atoms with Gasteiger partial charge in [0, 0.05) is 13.1 Å². The van der Waals surface area contributed by atoms with E-state index in [4.69, 9.17) is 21.4 Å². The van der Waals surface area contributed by atoms with Gasteiger partial charge in [-0.25, -0.2) is 8.42 Å². The Hall–Kier alpha value is -0.820. The van der Waals surface area contributed by atoms with Gasteiger partial charge in [0.25, 0.3) is 0 Å². The number of alkyl halides is 1. The van der Waals surface area contributed by atoms with Crippen molar-refractivity contribution < 1.29 is 18.3 Å². The van der Waals surface area contributed by atoms with E-state index >= 15 is 0 Å². The van der Waals surface area contributed by atoms with E-state index in [0.29, 0.717) is 5.75 Å². The van der Waals surface area contributed by atoms with Gasteiger partial charge in [-0.1, -0.05) is 12.1 Å². The highest BCUT2D eigenvalue weighted by molar-refractivity contribution is 7.90. The van der Waals surface area contributed by atoms with Crippen LogP contribution >= 0.6 is 11.6 Å². The molecule has 1 N–H and O–H groups in total. The first-order chi connectivity index (χ1) is 8.53. The van der Waals surface area contributed by atoms with Crippen LogP contribution in [0.15, 0.2) is 24.3 Å². The summed E-state index contributed by atoms with van der Waals surface area (Å²) < 4.78 is 29.5. The van der Waals surface area contributed by atoms with Crippen LogP contribution in [-0.2, 0) is 16.6 Å². The SMILES string of the molecule is COc1ccc(CN(CCO)S(=O)(=O)CCl)cc1. The summed E-state index contributed by atoms with van der Waals surface area (Å²) in [5, 5.41) is 8.39. The molecule has 0 fully saturated rings. The van der Waals surface area contributed by atoms with Gasteiger partial charge in [0.05, 0.1) is 13.7 Å². The van der Waals surface area contributed by atoms with Gasteiger partial charge in [-0.05, 0) is 17.7 Å². The molecule has 0 bridgehead atoms. The molecule has 0 heterocycles. The lowest BCUT2D eigenvalue weighted by atomic mass is 10.2. The maximum absolute atomic E-state index is 11.7. The minimum Gasteiger partial charge on any atom is -0.497 e. The summed E-state index contributed by atoms with van der Waals surface area (Å²) in [6, 6.07) is 7.04. The molecule has 0 atom stereocenters. The van der Waals surface area contributed by atoms with Crippen molar-refractivity contribution in [1.82, 2.24) is 4.31 Å². The first-order valence-corrected chi connectivity index (χ1v) is 7.45. The summed E-state index contributed by atoms with van der Waals surface area (Å²) in [7, 11) is -1.97. The highest BCUT2D eigenvalue weighted by atomic mass is 35.5. The van der Waals surface area contributed by atoms with E-state index in [1.165, 1.54) is 0 Å². The van der Waals surface area contributed by atoms with Crippen LogP contribution in [0.1, 0.15) is 5.56 Å². The Bertz CT molecular complexity index is 460. The number of rotatable bonds is 7. The van der Waals surface area contributed by atoms with Crippen molar-refractivity contribution in [2.24, 2.45) is 0 Å². The Morgan fingerprint density at radius 3 is 2.39 bits per heavy atom. The summed E-state index contributed by atoms with van der Waals surface area (Å²) in [4.78, 5) is 0. The molecule has 5 nitrogen and oxygen atoms in total. The summed E-state index contributed by atoms with van der Waals surface area (Å²) in [6.45, 7) is -0.0348. The quantitative estimate of drug-likeness (QED) is 0.762. The van der Waals surface area contributed by atoms with E-state index in [2.05, 4.69) is 0 Å². The first-order valence-electron chi connectivity index (χ1n) is 5.31. The highest BCUT2D eigenvalue weighted by Gasteiger charge is 2.20. The average Bonchev–Trinajstić information content (AvgIpc) is 2.39. The zero-order chi connectivity index (χ0) is 13.6. The Morgan fingerprint density at radius 2 is 1.94 bits per heavy atom. The van der Waals surface area contributed by atoms with Crippen molar-refractivity contribution in [3.63, 3.8) is 0 Å². The third kappa shape index (κ3) is 4.13. The van der Waals surface area contributed by atoms with Crippen molar-refractivity contribution in [3.8, 4) is 5.75 Å². The van der Waals surface area contributed by atoms with E-state index in [1.807, 2.05) is 0 Å². The molecule has 0 saturated carbocycles. The maximum Gasteiger partial charge on any atom is 0.228 e. The Kier molecular flexibility index (Phi) is 5.87. The van der Waals surface area contributed by atoms with E-state index < -0.39 is 15.2 Å². The molecule has 0 aromatic heterocycles. The molecular formula is C11H16ClNO4S. The van der Waals surface area contributed by atoms with E-state index in [1.54, 1.807) is 31.4 Å². The number of aliphatic hydroxyl groups is 1. The third-order valence-electron chi connectivity index (χ3n) is 2.40. The molecule has 0 saturated heterocycles. The molecule has 0 aliphatic carbocycles. The number of hydrogen-bond donors (Lipinski definition) is 1. The highest BCUT2D eigenvalue weighted by Crippen LogP contribution is 2.15. The lowest BCUT2D eigenvalue weighted by molar-refractivity contribution is 0.251. The minimum absolute atomic E-state index is 0.0289. The van der Waals surface area contributed by atoms with Crippen molar-refractivity contribution in [1.29, 1.82) is 0 Å². The number of methoxy groups -OCH3 is 1. The van der Waals surface area contributed by atoms with Crippen LogP contribution in [0.5, 0.6) is 5.75 Å². The molecule has 18 heavy (non-hydrogen) atoms. The molecule has 102 valence electrons. The summed E-state index contributed by atoms with van der Waals surface area (Å²) >= 11 is 5.41. The summed E-state index contributed by atoms with van der Waals surface area (Å²) in [5.74, 6) is 0.702. The smallest absolute Gasteiger partial charge is 0.228 e. The second-order valence-corrected chi connectivity index (χ2v) is 6.18. The molecule has 7 heteroatoms. The van der Waals surface area contributed by atoms with Gasteiger partial charge in [0.1, 0.15) is 11.0 Å². The molecule has 0 radical (unpaired) electrons. The minimum atomic E-state index is -3.53. The number of nitrogens with zero attached hydrogens (tertiary/aromatic N) is 1. The number of benzene rings is 1. The number of halogens is 1. The number of sulfonamides is 1. The fourth-order valence-electron chi connectivity index (χ4n) is 1.43. The van der Waals surface area contributed by atoms with E-state index in [-0.39, 0.29) is 19.7 Å². The van der Waals surface area contributed by atoms with Crippen molar-refractivity contribution in [3.05, 3.63) is 29.8 Å². The fourth-order valence-corrected chi connectivity index (χ4v) is 2.69.